The number of ether oxygens (including phenoxy) is 6. The summed E-state index contributed by atoms with van der Waals surface area (Å²) in [5.74, 6) is 12.4. The van der Waals surface area contributed by atoms with Crippen LogP contribution in [0.4, 0.5) is 0 Å². The number of epoxide rings is 3. The molecule has 6 aliphatic carbocycles. The maximum atomic E-state index is 5.40. The molecule has 3 heterocycles. The predicted octanol–water partition coefficient (Wildman–Crippen LogP) is 10.7. The molecule has 3 aromatic rings. The quantitative estimate of drug-likeness (QED) is 0.204. The SMILES string of the molecule is C.C1CC2C3CCC(C3)C2C1.C1CC2C3CCC(C3)C2C1.c1ccc(OCC2CO2)cc1.c1ccc(OCC2CO2)cc1.c1ccc(OCC2CO2)cc1. The zero-order valence-corrected chi connectivity index (χ0v) is 31.7. The van der Waals surface area contributed by atoms with Gasteiger partial charge in [0.15, 0.2) is 0 Å². The Kier molecular flexibility index (Phi) is 14.3. The highest BCUT2D eigenvalue weighted by Gasteiger charge is 2.49. The van der Waals surface area contributed by atoms with E-state index in [0.717, 1.165) is 37.1 Å². The highest BCUT2D eigenvalue weighted by atomic mass is 16.6. The van der Waals surface area contributed by atoms with E-state index in [0.29, 0.717) is 38.1 Å². The van der Waals surface area contributed by atoms with Crippen LogP contribution in [0.15, 0.2) is 91.0 Å². The summed E-state index contributed by atoms with van der Waals surface area (Å²) in [4.78, 5) is 0. The number of hydrogen-bond donors (Lipinski definition) is 0. The van der Waals surface area contributed by atoms with Crippen molar-refractivity contribution in [3.63, 3.8) is 0 Å². The van der Waals surface area contributed by atoms with E-state index in [1.165, 1.54) is 47.3 Å². The second-order valence-electron chi connectivity index (χ2n) is 16.9. The standard InChI is InChI=1S/2C10H16.3C9H10O2.CH4/c2*1-2-9-7-4-5-8(6-7)10(9)3-1;3*1-2-4-8(5-3-1)10-6-9-7-11-9;/h2*7-10H,1-6H2;3*1-5,9H,6-7H2;1H4. The minimum absolute atomic E-state index is 0. The van der Waals surface area contributed by atoms with Gasteiger partial charge in [-0.3, -0.25) is 0 Å². The van der Waals surface area contributed by atoms with Crippen LogP contribution in [0.5, 0.6) is 17.2 Å². The Morgan fingerprint density at radius 2 is 0.648 bits per heavy atom. The lowest BCUT2D eigenvalue weighted by atomic mass is 9.82. The molecule has 294 valence electrons. The fraction of sp³-hybridized carbons (Fsp3) is 0.625. The molecule has 4 bridgehead atoms. The predicted molar refractivity (Wildman–Crippen MR) is 215 cm³/mol. The van der Waals surface area contributed by atoms with Crippen molar-refractivity contribution in [3.8, 4) is 17.2 Å². The molecule has 9 aliphatic rings. The first-order chi connectivity index (χ1) is 26.2. The first-order valence-electron chi connectivity index (χ1n) is 21.1. The van der Waals surface area contributed by atoms with Crippen LogP contribution in [-0.2, 0) is 14.2 Å². The van der Waals surface area contributed by atoms with Crippen molar-refractivity contribution in [1.82, 2.24) is 0 Å². The molecule has 6 heteroatoms. The molecule has 0 N–H and O–H groups in total. The molecule has 9 fully saturated rings. The monoisotopic (exact) mass is 738 g/mol. The molecule has 12 rings (SSSR count). The number of rotatable bonds is 9. The summed E-state index contributed by atoms with van der Waals surface area (Å²) in [6, 6.07) is 29.4. The lowest BCUT2D eigenvalue weighted by molar-refractivity contribution is 0.259. The van der Waals surface area contributed by atoms with Crippen LogP contribution in [0.1, 0.15) is 84.5 Å². The van der Waals surface area contributed by atoms with Gasteiger partial charge < -0.3 is 28.4 Å². The minimum atomic E-state index is 0. The van der Waals surface area contributed by atoms with Gasteiger partial charge in [-0.15, -0.1) is 0 Å². The van der Waals surface area contributed by atoms with Crippen LogP contribution in [0.3, 0.4) is 0 Å². The van der Waals surface area contributed by atoms with Crippen LogP contribution < -0.4 is 14.2 Å². The number of benzene rings is 3. The molecule has 6 nitrogen and oxygen atoms in total. The smallest absolute Gasteiger partial charge is 0.119 e. The normalized spacial score (nSPS) is 34.3. The fourth-order valence-corrected chi connectivity index (χ4v) is 10.6. The van der Waals surface area contributed by atoms with Crippen molar-refractivity contribution in [3.05, 3.63) is 91.0 Å². The number of fused-ring (bicyclic) bond motifs is 10. The Labute approximate surface area is 325 Å². The van der Waals surface area contributed by atoms with Gasteiger partial charge in [0.2, 0.25) is 0 Å². The average molecular weight is 739 g/mol. The van der Waals surface area contributed by atoms with Gasteiger partial charge in [-0.2, -0.15) is 0 Å². The van der Waals surface area contributed by atoms with E-state index >= 15 is 0 Å². The van der Waals surface area contributed by atoms with Crippen molar-refractivity contribution in [2.75, 3.05) is 39.6 Å². The second-order valence-corrected chi connectivity index (χ2v) is 16.9. The van der Waals surface area contributed by atoms with E-state index in [-0.39, 0.29) is 7.43 Å². The third-order valence-electron chi connectivity index (χ3n) is 13.4. The molecule has 3 saturated heterocycles. The van der Waals surface area contributed by atoms with Crippen LogP contribution in [0.2, 0.25) is 0 Å². The molecule has 3 aromatic carbocycles. The van der Waals surface area contributed by atoms with Gasteiger partial charge in [-0.1, -0.05) is 74.9 Å². The second kappa shape index (κ2) is 19.7. The van der Waals surface area contributed by atoms with E-state index in [2.05, 4.69) is 0 Å². The lowest BCUT2D eigenvalue weighted by Crippen LogP contribution is -2.15. The molecular formula is C48H66O6. The molecule has 0 radical (unpaired) electrons. The van der Waals surface area contributed by atoms with Crippen molar-refractivity contribution in [1.29, 1.82) is 0 Å². The Morgan fingerprint density at radius 1 is 0.389 bits per heavy atom. The van der Waals surface area contributed by atoms with Gasteiger partial charge in [-0.05, 0) is 148 Å². The maximum absolute atomic E-state index is 5.40. The van der Waals surface area contributed by atoms with Crippen molar-refractivity contribution in [2.45, 2.75) is 103 Å². The first kappa shape index (κ1) is 39.2. The summed E-state index contributed by atoms with van der Waals surface area (Å²) in [7, 11) is 0. The van der Waals surface area contributed by atoms with Gasteiger partial charge in [0, 0.05) is 0 Å². The highest BCUT2D eigenvalue weighted by molar-refractivity contribution is 5.22. The Balaban J connectivity index is 0.000000104. The van der Waals surface area contributed by atoms with E-state index in [1.807, 2.05) is 91.0 Å². The van der Waals surface area contributed by atoms with Gasteiger partial charge in [-0.25, -0.2) is 0 Å². The molecule has 0 spiro atoms. The lowest BCUT2D eigenvalue weighted by Gasteiger charge is -2.23. The third kappa shape index (κ3) is 11.5. The molecule has 6 saturated carbocycles. The fourth-order valence-electron chi connectivity index (χ4n) is 10.6. The summed E-state index contributed by atoms with van der Waals surface area (Å²) in [6.07, 6.45) is 20.1. The number of hydrogen-bond acceptors (Lipinski definition) is 6. The summed E-state index contributed by atoms with van der Waals surface area (Å²) in [6.45, 7) is 4.62. The van der Waals surface area contributed by atoms with Crippen molar-refractivity contribution >= 4 is 0 Å². The Bertz CT molecular complexity index is 1280. The Morgan fingerprint density at radius 3 is 0.889 bits per heavy atom. The summed E-state index contributed by atoms with van der Waals surface area (Å²) in [5, 5.41) is 0. The molecule has 0 aromatic heterocycles. The largest absolute Gasteiger partial charge is 0.491 e. The zero-order chi connectivity index (χ0) is 35.7. The van der Waals surface area contributed by atoms with Crippen LogP contribution in [0, 0.1) is 47.3 Å². The van der Waals surface area contributed by atoms with Gasteiger partial charge in [0.1, 0.15) is 55.4 Å². The highest BCUT2D eigenvalue weighted by Crippen LogP contribution is 2.59. The van der Waals surface area contributed by atoms with Gasteiger partial charge in [0.25, 0.3) is 0 Å². The van der Waals surface area contributed by atoms with Crippen LogP contribution in [0.25, 0.3) is 0 Å². The summed E-state index contributed by atoms with van der Waals surface area (Å²) >= 11 is 0. The maximum Gasteiger partial charge on any atom is 0.119 e. The topological polar surface area (TPSA) is 65.3 Å². The number of para-hydroxylation sites is 3. The van der Waals surface area contributed by atoms with Crippen molar-refractivity contribution < 1.29 is 28.4 Å². The van der Waals surface area contributed by atoms with Crippen molar-refractivity contribution in [2.24, 2.45) is 47.3 Å². The molecular weight excluding hydrogens is 673 g/mol. The molecule has 3 aliphatic heterocycles. The van der Waals surface area contributed by atoms with Crippen LogP contribution in [-0.4, -0.2) is 58.0 Å². The minimum Gasteiger partial charge on any atom is -0.491 e. The summed E-state index contributed by atoms with van der Waals surface area (Å²) in [5.41, 5.74) is 0. The van der Waals surface area contributed by atoms with Gasteiger partial charge >= 0.3 is 0 Å². The third-order valence-corrected chi connectivity index (χ3v) is 13.4. The first-order valence-corrected chi connectivity index (χ1v) is 21.1. The average Bonchev–Trinajstić information content (AvgIpc) is 4.12. The Hall–Kier alpha value is -3.06. The van der Waals surface area contributed by atoms with Crippen LogP contribution >= 0.6 is 0 Å². The molecule has 54 heavy (non-hydrogen) atoms. The summed E-state index contributed by atoms with van der Waals surface area (Å²) < 4.78 is 31.2. The zero-order valence-electron chi connectivity index (χ0n) is 31.7. The van der Waals surface area contributed by atoms with E-state index in [4.69, 9.17) is 28.4 Å². The van der Waals surface area contributed by atoms with E-state index in [9.17, 15) is 0 Å². The molecule has 11 atom stereocenters. The van der Waals surface area contributed by atoms with Gasteiger partial charge in [0.05, 0.1) is 19.8 Å². The molecule has 0 amide bonds. The van der Waals surface area contributed by atoms with E-state index in [1.54, 1.807) is 77.0 Å². The molecule has 11 unspecified atom stereocenters. The van der Waals surface area contributed by atoms with E-state index < -0.39 is 0 Å².